The molecule has 3 N–H and O–H groups in total. The van der Waals surface area contributed by atoms with Gasteiger partial charge in [-0.3, -0.25) is 4.79 Å². The summed E-state index contributed by atoms with van der Waals surface area (Å²) in [7, 11) is 0. The third-order valence-electron chi connectivity index (χ3n) is 5.00. The van der Waals surface area contributed by atoms with Gasteiger partial charge >= 0.3 is 0 Å². The summed E-state index contributed by atoms with van der Waals surface area (Å²) in [6.07, 6.45) is 4.97. The molecule has 27 heavy (non-hydrogen) atoms. The number of phenols is 1. The minimum absolute atomic E-state index is 0.167. The van der Waals surface area contributed by atoms with Crippen LogP contribution in [0.1, 0.15) is 38.3 Å². The van der Waals surface area contributed by atoms with Crippen LogP contribution in [0, 0.1) is 13.8 Å². The number of hydrogen-bond donors (Lipinski definition) is 3. The Labute approximate surface area is 162 Å². The van der Waals surface area contributed by atoms with Gasteiger partial charge in [0.2, 0.25) is 0 Å². The topological polar surface area (TPSA) is 74.2 Å². The number of hydrogen-bond acceptors (Lipinski definition) is 5. The number of anilines is 3. The second-order valence-corrected chi connectivity index (χ2v) is 7.84. The Morgan fingerprint density at radius 2 is 2.04 bits per heavy atom. The Kier molecular flexibility index (Phi) is 4.58. The highest BCUT2D eigenvalue weighted by atomic mass is 32.1. The molecule has 1 aromatic heterocycles. The van der Waals surface area contributed by atoms with Gasteiger partial charge in [-0.05, 0) is 61.9 Å². The first-order valence-corrected chi connectivity index (χ1v) is 9.78. The first-order valence-electron chi connectivity index (χ1n) is 8.97. The number of carbonyl (C=O) groups excluding carboxylic acids is 1. The van der Waals surface area contributed by atoms with Gasteiger partial charge in [0.15, 0.2) is 5.13 Å². The van der Waals surface area contributed by atoms with Crippen LogP contribution in [0.25, 0.3) is 0 Å². The number of fused-ring (bicyclic) bond motifs is 1. The van der Waals surface area contributed by atoms with Crippen LogP contribution < -0.4 is 10.6 Å². The van der Waals surface area contributed by atoms with E-state index in [4.69, 9.17) is 0 Å². The molecule has 3 aromatic rings. The number of benzene rings is 2. The molecule has 0 spiro atoms. The molecule has 4 rings (SSSR count). The average Bonchev–Trinajstić information content (AvgIpc) is 3.32. The number of amides is 1. The standard InChI is InChI=1S/C21H21N3O2S/c1-12-9-10-17(25)13(2)19(12)24-20(26)18-11-22-21(27-18)23-16-8-4-6-14-5-3-7-15(14)16/h4,6,8-11,25H,3,5,7H2,1-2H3,(H,22,23)(H,24,26). The van der Waals surface area contributed by atoms with Crippen molar-refractivity contribution < 1.29 is 9.90 Å². The summed E-state index contributed by atoms with van der Waals surface area (Å²) in [5.41, 5.74) is 6.02. The van der Waals surface area contributed by atoms with Gasteiger partial charge in [0.1, 0.15) is 10.6 Å². The van der Waals surface area contributed by atoms with Crippen LogP contribution in [-0.4, -0.2) is 16.0 Å². The maximum absolute atomic E-state index is 12.6. The van der Waals surface area contributed by atoms with E-state index < -0.39 is 0 Å². The first kappa shape index (κ1) is 17.5. The number of phenolic OH excluding ortho intramolecular Hbond substituents is 1. The van der Waals surface area contributed by atoms with E-state index in [0.29, 0.717) is 21.3 Å². The van der Waals surface area contributed by atoms with E-state index in [9.17, 15) is 9.90 Å². The van der Waals surface area contributed by atoms with Crippen molar-refractivity contribution in [2.24, 2.45) is 0 Å². The largest absolute Gasteiger partial charge is 0.508 e. The van der Waals surface area contributed by atoms with Crippen molar-refractivity contribution >= 4 is 33.8 Å². The highest BCUT2D eigenvalue weighted by Crippen LogP contribution is 2.33. The Bertz CT molecular complexity index is 1030. The summed E-state index contributed by atoms with van der Waals surface area (Å²) in [5, 5.41) is 16.8. The number of thiazole rings is 1. The molecular weight excluding hydrogens is 358 g/mol. The molecule has 6 heteroatoms. The molecule has 0 saturated heterocycles. The lowest BCUT2D eigenvalue weighted by Crippen LogP contribution is -2.12. The van der Waals surface area contributed by atoms with Crippen LogP contribution in [-0.2, 0) is 12.8 Å². The van der Waals surface area contributed by atoms with Crippen LogP contribution >= 0.6 is 11.3 Å². The minimum Gasteiger partial charge on any atom is -0.508 e. The van der Waals surface area contributed by atoms with E-state index in [1.54, 1.807) is 25.3 Å². The number of rotatable bonds is 4. The minimum atomic E-state index is -0.226. The molecule has 0 aliphatic heterocycles. The van der Waals surface area contributed by atoms with Crippen molar-refractivity contribution in [1.29, 1.82) is 0 Å². The Morgan fingerprint density at radius 1 is 1.19 bits per heavy atom. The number of nitrogens with zero attached hydrogens (tertiary/aromatic N) is 1. The normalized spacial score (nSPS) is 12.7. The molecule has 0 bridgehead atoms. The molecule has 1 amide bonds. The molecule has 1 heterocycles. The van der Waals surface area contributed by atoms with Crippen LogP contribution in [0.4, 0.5) is 16.5 Å². The lowest BCUT2D eigenvalue weighted by atomic mass is 10.1. The van der Waals surface area contributed by atoms with Gasteiger partial charge in [0.25, 0.3) is 5.91 Å². The van der Waals surface area contributed by atoms with Gasteiger partial charge in [-0.15, -0.1) is 0 Å². The highest BCUT2D eigenvalue weighted by molar-refractivity contribution is 7.17. The van der Waals surface area contributed by atoms with Gasteiger partial charge < -0.3 is 15.7 Å². The monoisotopic (exact) mass is 379 g/mol. The molecule has 1 aliphatic rings. The number of aromatic hydroxyl groups is 1. The SMILES string of the molecule is Cc1ccc(O)c(C)c1NC(=O)c1cnc(Nc2cccc3c2CCC3)s1. The van der Waals surface area contributed by atoms with Crippen molar-refractivity contribution in [2.45, 2.75) is 33.1 Å². The average molecular weight is 379 g/mol. The number of carbonyl (C=O) groups is 1. The van der Waals surface area contributed by atoms with Crippen molar-refractivity contribution in [1.82, 2.24) is 4.98 Å². The molecule has 0 radical (unpaired) electrons. The van der Waals surface area contributed by atoms with E-state index in [1.165, 1.54) is 28.9 Å². The lowest BCUT2D eigenvalue weighted by Gasteiger charge is -2.12. The summed E-state index contributed by atoms with van der Waals surface area (Å²) >= 11 is 1.32. The molecule has 0 saturated carbocycles. The van der Waals surface area contributed by atoms with E-state index in [2.05, 4.69) is 33.8 Å². The number of nitrogens with one attached hydrogen (secondary N) is 2. The second-order valence-electron chi connectivity index (χ2n) is 6.81. The fraction of sp³-hybridized carbons (Fsp3) is 0.238. The van der Waals surface area contributed by atoms with Crippen LogP contribution in [0.3, 0.4) is 0 Å². The summed E-state index contributed by atoms with van der Waals surface area (Å²) in [6, 6.07) is 9.71. The highest BCUT2D eigenvalue weighted by Gasteiger charge is 2.17. The zero-order chi connectivity index (χ0) is 19.0. The third kappa shape index (κ3) is 3.40. The maximum Gasteiger partial charge on any atom is 0.267 e. The Morgan fingerprint density at radius 3 is 2.89 bits per heavy atom. The number of aryl methyl sites for hydroxylation is 2. The zero-order valence-electron chi connectivity index (χ0n) is 15.3. The molecule has 0 unspecified atom stereocenters. The molecule has 2 aromatic carbocycles. The molecule has 5 nitrogen and oxygen atoms in total. The zero-order valence-corrected chi connectivity index (χ0v) is 16.1. The summed E-state index contributed by atoms with van der Waals surface area (Å²) in [6.45, 7) is 3.69. The Hall–Kier alpha value is -2.86. The smallest absolute Gasteiger partial charge is 0.267 e. The van der Waals surface area contributed by atoms with Crippen LogP contribution in [0.2, 0.25) is 0 Å². The Balaban J connectivity index is 1.52. The molecular formula is C21H21N3O2S. The van der Waals surface area contributed by atoms with Gasteiger partial charge in [-0.25, -0.2) is 4.98 Å². The summed E-state index contributed by atoms with van der Waals surface area (Å²) < 4.78 is 0. The predicted molar refractivity (Wildman–Crippen MR) is 109 cm³/mol. The van der Waals surface area contributed by atoms with Gasteiger partial charge in [0, 0.05) is 11.3 Å². The van der Waals surface area contributed by atoms with E-state index in [1.807, 2.05) is 6.92 Å². The fourth-order valence-corrected chi connectivity index (χ4v) is 4.22. The molecule has 0 fully saturated rings. The summed E-state index contributed by atoms with van der Waals surface area (Å²) in [5.74, 6) is -0.0591. The number of aromatic nitrogens is 1. The summed E-state index contributed by atoms with van der Waals surface area (Å²) in [4.78, 5) is 17.5. The van der Waals surface area contributed by atoms with E-state index in [-0.39, 0.29) is 11.7 Å². The quantitative estimate of drug-likeness (QED) is 0.600. The van der Waals surface area contributed by atoms with Crippen LogP contribution in [0.15, 0.2) is 36.5 Å². The maximum atomic E-state index is 12.6. The predicted octanol–water partition coefficient (Wildman–Crippen LogP) is 4.95. The third-order valence-corrected chi connectivity index (χ3v) is 5.91. The van der Waals surface area contributed by atoms with Crippen molar-refractivity contribution in [3.8, 4) is 5.75 Å². The molecule has 138 valence electrons. The van der Waals surface area contributed by atoms with Crippen molar-refractivity contribution in [2.75, 3.05) is 10.6 Å². The van der Waals surface area contributed by atoms with Crippen molar-refractivity contribution in [3.05, 3.63) is 63.7 Å². The fourth-order valence-electron chi connectivity index (χ4n) is 3.49. The molecule has 1 aliphatic carbocycles. The second kappa shape index (κ2) is 7.04. The van der Waals surface area contributed by atoms with Crippen LogP contribution in [0.5, 0.6) is 5.75 Å². The van der Waals surface area contributed by atoms with Gasteiger partial charge in [-0.1, -0.05) is 29.5 Å². The molecule has 0 atom stereocenters. The van der Waals surface area contributed by atoms with Crippen molar-refractivity contribution in [3.63, 3.8) is 0 Å². The van der Waals surface area contributed by atoms with E-state index >= 15 is 0 Å². The van der Waals surface area contributed by atoms with E-state index in [0.717, 1.165) is 24.1 Å². The lowest BCUT2D eigenvalue weighted by molar-refractivity contribution is 0.103. The van der Waals surface area contributed by atoms with Gasteiger partial charge in [0.05, 0.1) is 11.9 Å². The van der Waals surface area contributed by atoms with Gasteiger partial charge in [-0.2, -0.15) is 0 Å². The first-order chi connectivity index (χ1) is 13.0.